The molecule has 1 aliphatic rings. The van der Waals surface area contributed by atoms with E-state index in [-0.39, 0.29) is 17.4 Å². The third-order valence-corrected chi connectivity index (χ3v) is 4.04. The van der Waals surface area contributed by atoms with Crippen LogP contribution in [0.1, 0.15) is 17.9 Å². The van der Waals surface area contributed by atoms with Gasteiger partial charge in [0.2, 0.25) is 0 Å². The van der Waals surface area contributed by atoms with E-state index in [0.717, 1.165) is 17.1 Å². The molecule has 0 aliphatic carbocycles. The summed E-state index contributed by atoms with van der Waals surface area (Å²) in [6.07, 6.45) is 0. The molecule has 0 aromatic heterocycles. The number of thioether (sulfide) groups is 1. The first-order chi connectivity index (χ1) is 8.74. The van der Waals surface area contributed by atoms with Gasteiger partial charge < -0.3 is 9.47 Å². The third kappa shape index (κ3) is 2.97. The second-order valence-electron chi connectivity index (χ2n) is 3.96. The molecule has 1 aromatic carbocycles. The van der Waals surface area contributed by atoms with Gasteiger partial charge in [0.05, 0.1) is 19.1 Å². The molecule has 1 aromatic rings. The van der Waals surface area contributed by atoms with Crippen LogP contribution in [0.25, 0.3) is 0 Å². The van der Waals surface area contributed by atoms with Gasteiger partial charge in [0.25, 0.3) is 0 Å². The third-order valence-electron chi connectivity index (χ3n) is 2.77. The number of carbonyl (C=O) groups is 1. The first kappa shape index (κ1) is 13.2. The minimum absolute atomic E-state index is 0.144. The van der Waals surface area contributed by atoms with Crippen molar-refractivity contribution in [2.45, 2.75) is 18.3 Å². The summed E-state index contributed by atoms with van der Waals surface area (Å²) in [7, 11) is 1.65. The van der Waals surface area contributed by atoms with E-state index >= 15 is 0 Å². The van der Waals surface area contributed by atoms with E-state index in [1.807, 2.05) is 31.2 Å². The van der Waals surface area contributed by atoms with Gasteiger partial charge in [-0.2, -0.15) is 0 Å². The topological polar surface area (TPSA) is 47.6 Å². The minimum Gasteiger partial charge on any atom is -0.497 e. The lowest BCUT2D eigenvalue weighted by atomic mass is 10.2. The molecule has 1 aliphatic heterocycles. The molecular formula is C13H17NO3S. The van der Waals surface area contributed by atoms with E-state index in [0.29, 0.717) is 6.61 Å². The van der Waals surface area contributed by atoms with Gasteiger partial charge in [-0.1, -0.05) is 12.1 Å². The number of carbonyl (C=O) groups excluding carboxylic acids is 1. The van der Waals surface area contributed by atoms with Crippen LogP contribution in [0.4, 0.5) is 0 Å². The zero-order valence-corrected chi connectivity index (χ0v) is 11.3. The van der Waals surface area contributed by atoms with Crippen LogP contribution in [-0.4, -0.2) is 31.5 Å². The van der Waals surface area contributed by atoms with Gasteiger partial charge in [0.1, 0.15) is 11.8 Å². The van der Waals surface area contributed by atoms with E-state index < -0.39 is 0 Å². The monoisotopic (exact) mass is 267 g/mol. The number of hydrogen-bond acceptors (Lipinski definition) is 5. The van der Waals surface area contributed by atoms with Crippen LogP contribution in [0.3, 0.4) is 0 Å². The maximum Gasteiger partial charge on any atom is 0.324 e. The fourth-order valence-electron chi connectivity index (χ4n) is 1.82. The standard InChI is InChI=1S/C13H17NO3S/c1-3-17-13(15)11-8-18-12(14-11)9-4-6-10(16-2)7-5-9/h4-7,11-12,14H,3,8H2,1-2H3/t11-,12?/m0/s1. The maximum atomic E-state index is 11.6. The average molecular weight is 267 g/mol. The van der Waals surface area contributed by atoms with Crippen molar-refractivity contribution in [3.63, 3.8) is 0 Å². The van der Waals surface area contributed by atoms with Crippen LogP contribution in [-0.2, 0) is 9.53 Å². The quantitative estimate of drug-likeness (QED) is 0.845. The number of methoxy groups -OCH3 is 1. The van der Waals surface area contributed by atoms with Gasteiger partial charge in [0, 0.05) is 5.75 Å². The van der Waals surface area contributed by atoms with Crippen LogP contribution in [0.2, 0.25) is 0 Å². The number of nitrogens with one attached hydrogen (secondary N) is 1. The van der Waals surface area contributed by atoms with Crippen molar-refractivity contribution >= 4 is 17.7 Å². The molecule has 0 amide bonds. The Morgan fingerprint density at radius 1 is 1.44 bits per heavy atom. The summed E-state index contributed by atoms with van der Waals surface area (Å²) in [5.74, 6) is 1.42. The van der Waals surface area contributed by atoms with Crippen LogP contribution in [0, 0.1) is 0 Å². The number of ether oxygens (including phenoxy) is 2. The maximum absolute atomic E-state index is 11.6. The second kappa shape index (κ2) is 6.11. The predicted octanol–water partition coefficient (Wildman–Crippen LogP) is 1.96. The van der Waals surface area contributed by atoms with E-state index in [4.69, 9.17) is 9.47 Å². The van der Waals surface area contributed by atoms with Crippen molar-refractivity contribution in [1.82, 2.24) is 5.32 Å². The predicted molar refractivity (Wildman–Crippen MR) is 71.7 cm³/mol. The molecule has 5 heteroatoms. The first-order valence-corrected chi connectivity index (χ1v) is 6.97. The van der Waals surface area contributed by atoms with E-state index in [2.05, 4.69) is 5.32 Å². The van der Waals surface area contributed by atoms with Crippen molar-refractivity contribution in [2.75, 3.05) is 19.5 Å². The van der Waals surface area contributed by atoms with Crippen molar-refractivity contribution in [1.29, 1.82) is 0 Å². The molecule has 98 valence electrons. The van der Waals surface area contributed by atoms with Gasteiger partial charge in [0.15, 0.2) is 0 Å². The van der Waals surface area contributed by atoms with Gasteiger partial charge in [-0.05, 0) is 24.6 Å². The molecular weight excluding hydrogens is 250 g/mol. The molecule has 0 radical (unpaired) electrons. The largest absolute Gasteiger partial charge is 0.497 e. The second-order valence-corrected chi connectivity index (χ2v) is 5.10. The molecule has 0 bridgehead atoms. The Morgan fingerprint density at radius 2 is 2.17 bits per heavy atom. The molecule has 1 heterocycles. The van der Waals surface area contributed by atoms with Crippen molar-refractivity contribution in [2.24, 2.45) is 0 Å². The zero-order chi connectivity index (χ0) is 13.0. The molecule has 0 spiro atoms. The summed E-state index contributed by atoms with van der Waals surface area (Å²) in [4.78, 5) is 11.6. The van der Waals surface area contributed by atoms with E-state index in [1.165, 1.54) is 0 Å². The highest BCUT2D eigenvalue weighted by Gasteiger charge is 2.31. The molecule has 4 nitrogen and oxygen atoms in total. The molecule has 0 saturated carbocycles. The van der Waals surface area contributed by atoms with Gasteiger partial charge in [-0.15, -0.1) is 11.8 Å². The van der Waals surface area contributed by atoms with Crippen molar-refractivity contribution in [3.8, 4) is 5.75 Å². The Morgan fingerprint density at radius 3 is 2.78 bits per heavy atom. The average Bonchev–Trinajstić information content (AvgIpc) is 2.89. The molecule has 2 atom stereocenters. The summed E-state index contributed by atoms with van der Waals surface area (Å²) in [6, 6.07) is 7.67. The van der Waals surface area contributed by atoms with Crippen LogP contribution < -0.4 is 10.1 Å². The Kier molecular flexibility index (Phi) is 4.49. The molecule has 1 fully saturated rings. The van der Waals surface area contributed by atoms with Crippen molar-refractivity contribution < 1.29 is 14.3 Å². The highest BCUT2D eigenvalue weighted by atomic mass is 32.2. The fraction of sp³-hybridized carbons (Fsp3) is 0.462. The smallest absolute Gasteiger partial charge is 0.324 e. The summed E-state index contributed by atoms with van der Waals surface area (Å²) in [5.41, 5.74) is 1.15. The normalized spacial score (nSPS) is 22.8. The Balaban J connectivity index is 1.97. The van der Waals surface area contributed by atoms with Gasteiger partial charge in [-0.25, -0.2) is 0 Å². The lowest BCUT2D eigenvalue weighted by Gasteiger charge is -2.13. The summed E-state index contributed by atoms with van der Waals surface area (Å²) in [5, 5.41) is 3.42. The Labute approximate surface area is 111 Å². The summed E-state index contributed by atoms with van der Waals surface area (Å²) < 4.78 is 10.1. The van der Waals surface area contributed by atoms with Crippen LogP contribution >= 0.6 is 11.8 Å². The van der Waals surface area contributed by atoms with Gasteiger partial charge >= 0.3 is 5.97 Å². The highest BCUT2D eigenvalue weighted by molar-refractivity contribution is 7.99. The van der Waals surface area contributed by atoms with Crippen LogP contribution in [0.5, 0.6) is 5.75 Å². The lowest BCUT2D eigenvalue weighted by molar-refractivity contribution is -0.144. The fourth-order valence-corrected chi connectivity index (χ4v) is 3.05. The van der Waals surface area contributed by atoms with E-state index in [9.17, 15) is 4.79 Å². The number of esters is 1. The Hall–Kier alpha value is -1.20. The zero-order valence-electron chi connectivity index (χ0n) is 10.5. The van der Waals surface area contributed by atoms with Gasteiger partial charge in [-0.3, -0.25) is 10.1 Å². The number of rotatable bonds is 4. The first-order valence-electron chi connectivity index (χ1n) is 5.93. The summed E-state index contributed by atoms with van der Waals surface area (Å²) >= 11 is 1.72. The molecule has 2 rings (SSSR count). The van der Waals surface area contributed by atoms with Crippen molar-refractivity contribution in [3.05, 3.63) is 29.8 Å². The summed E-state index contributed by atoms with van der Waals surface area (Å²) in [6.45, 7) is 2.25. The Bertz CT molecular complexity index is 407. The number of benzene rings is 1. The number of hydrogen-bond donors (Lipinski definition) is 1. The molecule has 1 unspecified atom stereocenters. The SMILES string of the molecule is CCOC(=O)[C@@H]1CSC(c2ccc(OC)cc2)N1. The lowest BCUT2D eigenvalue weighted by Crippen LogP contribution is -2.35. The highest BCUT2D eigenvalue weighted by Crippen LogP contribution is 2.33. The molecule has 1 saturated heterocycles. The minimum atomic E-state index is -0.206. The molecule has 18 heavy (non-hydrogen) atoms. The van der Waals surface area contributed by atoms with E-state index in [1.54, 1.807) is 18.9 Å². The van der Waals surface area contributed by atoms with Crippen LogP contribution in [0.15, 0.2) is 24.3 Å². The molecule has 1 N–H and O–H groups in total.